The molecule has 6 nitrogen and oxygen atoms in total. The van der Waals surface area contributed by atoms with Crippen molar-refractivity contribution in [1.82, 2.24) is 16.1 Å². The van der Waals surface area contributed by atoms with E-state index in [2.05, 4.69) is 23.0 Å². The molecular formula is C20H31N3O3. The summed E-state index contributed by atoms with van der Waals surface area (Å²) >= 11 is 0. The van der Waals surface area contributed by atoms with E-state index in [1.54, 1.807) is 0 Å². The number of benzene rings is 1. The second kappa shape index (κ2) is 11.8. The first-order chi connectivity index (χ1) is 12.7. The van der Waals surface area contributed by atoms with Crippen LogP contribution in [0.15, 0.2) is 30.3 Å². The lowest BCUT2D eigenvalue weighted by Gasteiger charge is -2.27. The van der Waals surface area contributed by atoms with Gasteiger partial charge in [0.25, 0.3) is 0 Å². The lowest BCUT2D eigenvalue weighted by Crippen LogP contribution is -2.54. The molecule has 0 saturated carbocycles. The van der Waals surface area contributed by atoms with Crippen molar-refractivity contribution in [1.29, 1.82) is 0 Å². The molecule has 6 heteroatoms. The molecule has 3 N–H and O–H groups in total. The third-order valence-corrected chi connectivity index (χ3v) is 4.64. The highest BCUT2D eigenvalue weighted by Gasteiger charge is 2.29. The molecular weight excluding hydrogens is 330 g/mol. The lowest BCUT2D eigenvalue weighted by atomic mass is 9.89. The minimum atomic E-state index is -0.265. The van der Waals surface area contributed by atoms with Gasteiger partial charge in [-0.1, -0.05) is 56.5 Å². The molecule has 0 aliphatic carbocycles. The van der Waals surface area contributed by atoms with E-state index < -0.39 is 0 Å². The molecule has 2 rings (SSSR count). The molecule has 1 fully saturated rings. The van der Waals surface area contributed by atoms with E-state index in [1.807, 2.05) is 30.3 Å². The minimum absolute atomic E-state index is 0.131. The highest BCUT2D eigenvalue weighted by Crippen LogP contribution is 2.17. The molecule has 1 aliphatic heterocycles. The van der Waals surface area contributed by atoms with Crippen LogP contribution in [0.4, 0.5) is 0 Å². The summed E-state index contributed by atoms with van der Waals surface area (Å²) in [5.74, 6) is -0.370. The largest absolute Gasteiger partial charge is 0.313 e. The Balaban J connectivity index is 1.81. The summed E-state index contributed by atoms with van der Waals surface area (Å²) in [7, 11) is 0. The maximum Gasteiger partial charge on any atom is 0.244 e. The van der Waals surface area contributed by atoms with Crippen LogP contribution >= 0.6 is 0 Å². The fourth-order valence-electron chi connectivity index (χ4n) is 3.16. The van der Waals surface area contributed by atoms with Crippen LogP contribution < -0.4 is 16.1 Å². The summed E-state index contributed by atoms with van der Waals surface area (Å²) in [6.07, 6.45) is 4.06. The normalized spacial score (nSPS) is 18.3. The number of carbonyl (C=O) groups is 2. The van der Waals surface area contributed by atoms with Crippen LogP contribution in [0.3, 0.4) is 0 Å². The fraction of sp³-hybridized carbons (Fsp3) is 0.600. The first-order valence-corrected chi connectivity index (χ1v) is 9.63. The zero-order valence-corrected chi connectivity index (χ0v) is 15.6. The Labute approximate surface area is 156 Å². The molecule has 0 bridgehead atoms. The van der Waals surface area contributed by atoms with Crippen molar-refractivity contribution in [3.63, 3.8) is 0 Å². The number of nitrogens with one attached hydrogen (secondary N) is 3. The summed E-state index contributed by atoms with van der Waals surface area (Å²) in [6.45, 7) is 4.74. The predicted octanol–water partition coefficient (Wildman–Crippen LogP) is 1.95. The van der Waals surface area contributed by atoms with Gasteiger partial charge in [0.15, 0.2) is 5.78 Å². The number of hydrogen-bond acceptors (Lipinski definition) is 5. The molecule has 1 aliphatic rings. The molecule has 0 spiro atoms. The average molecular weight is 361 g/mol. The van der Waals surface area contributed by atoms with Gasteiger partial charge in [0.05, 0.1) is 12.6 Å². The van der Waals surface area contributed by atoms with Gasteiger partial charge in [-0.15, -0.1) is 0 Å². The van der Waals surface area contributed by atoms with Gasteiger partial charge in [0.2, 0.25) is 5.91 Å². The molecule has 26 heavy (non-hydrogen) atoms. The summed E-state index contributed by atoms with van der Waals surface area (Å²) < 4.78 is 0. The predicted molar refractivity (Wildman–Crippen MR) is 101 cm³/mol. The van der Waals surface area contributed by atoms with Crippen molar-refractivity contribution in [3.05, 3.63) is 35.9 Å². The van der Waals surface area contributed by atoms with Crippen molar-refractivity contribution >= 4 is 11.7 Å². The second-order valence-corrected chi connectivity index (χ2v) is 6.81. The number of amides is 1. The van der Waals surface area contributed by atoms with Crippen molar-refractivity contribution in [3.8, 4) is 0 Å². The smallest absolute Gasteiger partial charge is 0.244 e. The Morgan fingerprint density at radius 2 is 2.04 bits per heavy atom. The number of piperazine rings is 1. The van der Waals surface area contributed by atoms with E-state index in [4.69, 9.17) is 4.84 Å². The second-order valence-electron chi connectivity index (χ2n) is 6.81. The SMILES string of the molecule is CCCCC[C@@H](CC(=O)NOCc1ccccc1)C(=O)[C@@H]1CNCCN1. The van der Waals surface area contributed by atoms with Gasteiger partial charge in [0.1, 0.15) is 0 Å². The van der Waals surface area contributed by atoms with Gasteiger partial charge in [0, 0.05) is 32.0 Å². The molecule has 1 aromatic rings. The highest BCUT2D eigenvalue weighted by molar-refractivity contribution is 5.90. The van der Waals surface area contributed by atoms with Crippen LogP contribution in [0.25, 0.3) is 0 Å². The molecule has 144 valence electrons. The van der Waals surface area contributed by atoms with Gasteiger partial charge in [-0.25, -0.2) is 5.48 Å². The van der Waals surface area contributed by atoms with E-state index in [0.29, 0.717) is 13.2 Å². The van der Waals surface area contributed by atoms with Crippen LogP contribution in [-0.4, -0.2) is 37.4 Å². The summed E-state index contributed by atoms with van der Waals surface area (Å²) in [4.78, 5) is 30.3. The Hall–Kier alpha value is -1.76. The Morgan fingerprint density at radius 1 is 1.23 bits per heavy atom. The third-order valence-electron chi connectivity index (χ3n) is 4.64. The maximum atomic E-state index is 12.8. The van der Waals surface area contributed by atoms with Crippen LogP contribution in [-0.2, 0) is 21.0 Å². The van der Waals surface area contributed by atoms with E-state index in [-0.39, 0.29) is 30.1 Å². The Bertz CT molecular complexity index is 544. The van der Waals surface area contributed by atoms with Gasteiger partial charge in [-0.2, -0.15) is 0 Å². The average Bonchev–Trinajstić information content (AvgIpc) is 2.68. The van der Waals surface area contributed by atoms with Gasteiger partial charge < -0.3 is 10.6 Å². The quantitative estimate of drug-likeness (QED) is 0.415. The number of carbonyl (C=O) groups excluding carboxylic acids is 2. The molecule has 0 aromatic heterocycles. The van der Waals surface area contributed by atoms with E-state index in [9.17, 15) is 9.59 Å². The van der Waals surface area contributed by atoms with Crippen molar-refractivity contribution in [2.75, 3.05) is 19.6 Å². The van der Waals surface area contributed by atoms with Gasteiger partial charge in [-0.05, 0) is 12.0 Å². The molecule has 2 atom stereocenters. The zero-order chi connectivity index (χ0) is 18.6. The molecule has 1 saturated heterocycles. The van der Waals surface area contributed by atoms with Gasteiger partial charge in [-0.3, -0.25) is 14.4 Å². The number of unbranched alkanes of at least 4 members (excludes halogenated alkanes) is 2. The van der Waals surface area contributed by atoms with Crippen LogP contribution in [0.1, 0.15) is 44.6 Å². The first kappa shape index (κ1) is 20.6. The fourth-order valence-corrected chi connectivity index (χ4v) is 3.16. The highest BCUT2D eigenvalue weighted by atomic mass is 16.6. The van der Waals surface area contributed by atoms with E-state index in [1.165, 1.54) is 0 Å². The molecule has 1 amide bonds. The first-order valence-electron chi connectivity index (χ1n) is 9.63. The maximum absolute atomic E-state index is 12.8. The van der Waals surface area contributed by atoms with Gasteiger partial charge >= 0.3 is 0 Å². The third kappa shape index (κ3) is 7.23. The molecule has 1 aromatic carbocycles. The van der Waals surface area contributed by atoms with E-state index in [0.717, 1.165) is 44.3 Å². The molecule has 0 radical (unpaired) electrons. The Morgan fingerprint density at radius 3 is 2.73 bits per heavy atom. The van der Waals surface area contributed by atoms with Crippen molar-refractivity contribution < 1.29 is 14.4 Å². The summed E-state index contributed by atoms with van der Waals surface area (Å²) in [5, 5.41) is 6.49. The molecule has 1 heterocycles. The number of hydrogen-bond donors (Lipinski definition) is 3. The monoisotopic (exact) mass is 361 g/mol. The van der Waals surface area contributed by atoms with Crippen LogP contribution in [0.5, 0.6) is 0 Å². The number of rotatable bonds is 11. The van der Waals surface area contributed by atoms with E-state index >= 15 is 0 Å². The van der Waals surface area contributed by atoms with Crippen molar-refractivity contribution in [2.24, 2.45) is 5.92 Å². The number of ketones is 1. The topological polar surface area (TPSA) is 79.5 Å². The zero-order valence-electron chi connectivity index (χ0n) is 15.6. The summed E-state index contributed by atoms with van der Waals surface area (Å²) in [5.41, 5.74) is 3.47. The van der Waals surface area contributed by atoms with Crippen molar-refractivity contribution in [2.45, 2.75) is 51.7 Å². The molecule has 0 unspecified atom stereocenters. The standard InChI is InChI=1S/C20H31N3O3/c1-2-3-5-10-17(20(25)18-14-21-11-12-22-18)13-19(24)23-26-15-16-8-6-4-7-9-16/h4,6-9,17-18,21-22H,2-3,5,10-15H2,1H3,(H,23,24)/t17-,18-/m0/s1. The number of Topliss-reactive ketones (excluding diaryl/α,β-unsaturated/α-hetero) is 1. The lowest BCUT2D eigenvalue weighted by molar-refractivity contribution is -0.139. The number of hydroxylamine groups is 1. The Kier molecular flexibility index (Phi) is 9.31. The summed E-state index contributed by atoms with van der Waals surface area (Å²) in [6, 6.07) is 9.45. The minimum Gasteiger partial charge on any atom is -0.313 e. The van der Waals surface area contributed by atoms with Crippen LogP contribution in [0.2, 0.25) is 0 Å². The van der Waals surface area contributed by atoms with Crippen LogP contribution in [0, 0.1) is 5.92 Å².